The van der Waals surface area contributed by atoms with Gasteiger partial charge in [-0.05, 0) is 19.1 Å². The molecule has 1 aliphatic rings. The molecule has 1 saturated heterocycles. The van der Waals surface area contributed by atoms with Crippen molar-refractivity contribution in [2.24, 2.45) is 0 Å². The molecule has 1 heterocycles. The Labute approximate surface area is 121 Å². The lowest BCUT2D eigenvalue weighted by Gasteiger charge is -2.17. The minimum Gasteiger partial charge on any atom is -0.462 e. The molecule has 1 fully saturated rings. The van der Waals surface area contributed by atoms with Crippen LogP contribution in [0.25, 0.3) is 0 Å². The molecule has 0 spiro atoms. The molecule has 0 radical (unpaired) electrons. The number of amides is 1. The van der Waals surface area contributed by atoms with Crippen molar-refractivity contribution in [2.75, 3.05) is 24.2 Å². The van der Waals surface area contributed by atoms with Crippen LogP contribution < -0.4 is 16.4 Å². The summed E-state index contributed by atoms with van der Waals surface area (Å²) in [6.07, 6.45) is 0.336. The zero-order valence-electron chi connectivity index (χ0n) is 11.0. The van der Waals surface area contributed by atoms with Crippen LogP contribution in [-0.2, 0) is 9.53 Å². The van der Waals surface area contributed by atoms with Crippen molar-refractivity contribution in [3.05, 3.63) is 22.7 Å². The SMILES string of the molecule is CCOC(=O)c1cc(N)cc(Cl)c1NC1CNC(=O)C1. The van der Waals surface area contributed by atoms with Gasteiger partial charge in [-0.15, -0.1) is 0 Å². The van der Waals surface area contributed by atoms with E-state index in [2.05, 4.69) is 10.6 Å². The first-order valence-electron chi connectivity index (χ1n) is 6.30. The van der Waals surface area contributed by atoms with Gasteiger partial charge in [-0.25, -0.2) is 4.79 Å². The second kappa shape index (κ2) is 6.00. The maximum absolute atomic E-state index is 11.9. The summed E-state index contributed by atoms with van der Waals surface area (Å²) in [7, 11) is 0. The minimum absolute atomic E-state index is 0.0354. The summed E-state index contributed by atoms with van der Waals surface area (Å²) in [6, 6.07) is 2.95. The van der Waals surface area contributed by atoms with Gasteiger partial charge in [-0.3, -0.25) is 4.79 Å². The summed E-state index contributed by atoms with van der Waals surface area (Å²) >= 11 is 6.14. The monoisotopic (exact) mass is 297 g/mol. The van der Waals surface area contributed by atoms with E-state index in [1.165, 1.54) is 6.07 Å². The zero-order valence-corrected chi connectivity index (χ0v) is 11.8. The van der Waals surface area contributed by atoms with Crippen LogP contribution >= 0.6 is 11.6 Å². The lowest BCUT2D eigenvalue weighted by atomic mass is 10.1. The van der Waals surface area contributed by atoms with Crippen LogP contribution in [0.4, 0.5) is 11.4 Å². The van der Waals surface area contributed by atoms with Crippen LogP contribution in [-0.4, -0.2) is 31.1 Å². The number of benzene rings is 1. The van der Waals surface area contributed by atoms with Crippen LogP contribution in [0.5, 0.6) is 0 Å². The van der Waals surface area contributed by atoms with E-state index in [9.17, 15) is 9.59 Å². The number of carbonyl (C=O) groups is 2. The van der Waals surface area contributed by atoms with Gasteiger partial charge in [0, 0.05) is 18.7 Å². The molecule has 1 unspecified atom stereocenters. The van der Waals surface area contributed by atoms with Gasteiger partial charge >= 0.3 is 5.97 Å². The number of hydrogen-bond donors (Lipinski definition) is 3. The van der Waals surface area contributed by atoms with Crippen LogP contribution in [0, 0.1) is 0 Å². The van der Waals surface area contributed by atoms with Gasteiger partial charge in [0.2, 0.25) is 5.91 Å². The first-order chi connectivity index (χ1) is 9.51. The fraction of sp³-hybridized carbons (Fsp3) is 0.385. The molecule has 4 N–H and O–H groups in total. The molecule has 0 aromatic heterocycles. The molecule has 1 amide bonds. The highest BCUT2D eigenvalue weighted by atomic mass is 35.5. The Morgan fingerprint density at radius 1 is 1.60 bits per heavy atom. The maximum atomic E-state index is 11.9. The number of rotatable bonds is 4. The van der Waals surface area contributed by atoms with E-state index in [0.29, 0.717) is 29.4 Å². The van der Waals surface area contributed by atoms with Crippen molar-refractivity contribution in [2.45, 2.75) is 19.4 Å². The normalized spacial score (nSPS) is 17.7. The molecular weight excluding hydrogens is 282 g/mol. The van der Waals surface area contributed by atoms with Gasteiger partial charge in [0.1, 0.15) is 0 Å². The Hall–Kier alpha value is -1.95. The highest BCUT2D eigenvalue weighted by Gasteiger charge is 2.25. The molecule has 108 valence electrons. The largest absolute Gasteiger partial charge is 0.462 e. The quantitative estimate of drug-likeness (QED) is 0.577. The Balaban J connectivity index is 2.29. The first kappa shape index (κ1) is 14.5. The highest BCUT2D eigenvalue weighted by molar-refractivity contribution is 6.34. The fourth-order valence-corrected chi connectivity index (χ4v) is 2.34. The van der Waals surface area contributed by atoms with Crippen LogP contribution in [0.2, 0.25) is 5.02 Å². The molecule has 1 aromatic carbocycles. The van der Waals surface area contributed by atoms with E-state index in [0.717, 1.165) is 0 Å². The predicted molar refractivity (Wildman–Crippen MR) is 76.9 cm³/mol. The maximum Gasteiger partial charge on any atom is 0.340 e. The van der Waals surface area contributed by atoms with Gasteiger partial charge < -0.3 is 21.1 Å². The van der Waals surface area contributed by atoms with Crippen molar-refractivity contribution in [1.82, 2.24) is 5.32 Å². The van der Waals surface area contributed by atoms with E-state index in [-0.39, 0.29) is 24.1 Å². The molecule has 7 heteroatoms. The number of anilines is 2. The summed E-state index contributed by atoms with van der Waals surface area (Å²) in [5.74, 6) is -0.534. The lowest BCUT2D eigenvalue weighted by Crippen LogP contribution is -2.24. The number of halogens is 1. The third-order valence-corrected chi connectivity index (χ3v) is 3.23. The third-order valence-electron chi connectivity index (χ3n) is 2.93. The summed E-state index contributed by atoms with van der Waals surface area (Å²) in [4.78, 5) is 23.2. The molecule has 0 aliphatic carbocycles. The summed E-state index contributed by atoms with van der Waals surface area (Å²) < 4.78 is 4.99. The molecule has 0 bridgehead atoms. The lowest BCUT2D eigenvalue weighted by molar-refractivity contribution is -0.119. The highest BCUT2D eigenvalue weighted by Crippen LogP contribution is 2.31. The molecule has 20 heavy (non-hydrogen) atoms. The smallest absolute Gasteiger partial charge is 0.340 e. The van der Waals surface area contributed by atoms with E-state index >= 15 is 0 Å². The zero-order chi connectivity index (χ0) is 14.7. The van der Waals surface area contributed by atoms with Crippen LogP contribution in [0.15, 0.2) is 12.1 Å². The van der Waals surface area contributed by atoms with E-state index in [1.54, 1.807) is 13.0 Å². The number of ether oxygens (including phenoxy) is 1. The number of nitrogens with two attached hydrogens (primary N) is 1. The van der Waals surface area contributed by atoms with Crippen molar-refractivity contribution < 1.29 is 14.3 Å². The molecular formula is C13H16ClN3O3. The van der Waals surface area contributed by atoms with Gasteiger partial charge in [-0.2, -0.15) is 0 Å². The number of esters is 1. The second-order valence-electron chi connectivity index (χ2n) is 4.50. The van der Waals surface area contributed by atoms with E-state index < -0.39 is 5.97 Å². The number of nitrogens with one attached hydrogen (secondary N) is 2. The van der Waals surface area contributed by atoms with Gasteiger partial charge in [0.25, 0.3) is 0 Å². The Kier molecular flexibility index (Phi) is 4.34. The summed E-state index contributed by atoms with van der Waals surface area (Å²) in [6.45, 7) is 2.47. The van der Waals surface area contributed by atoms with Crippen molar-refractivity contribution in [1.29, 1.82) is 0 Å². The van der Waals surface area contributed by atoms with Gasteiger partial charge in [0.05, 0.1) is 28.9 Å². The number of nitrogen functional groups attached to an aromatic ring is 1. The van der Waals surface area contributed by atoms with Crippen LogP contribution in [0.3, 0.4) is 0 Å². The third kappa shape index (κ3) is 3.14. The van der Waals surface area contributed by atoms with Gasteiger partial charge in [-0.1, -0.05) is 11.6 Å². The molecule has 0 saturated carbocycles. The van der Waals surface area contributed by atoms with Crippen molar-refractivity contribution in [3.63, 3.8) is 0 Å². The standard InChI is InChI=1S/C13H16ClN3O3/c1-2-20-13(19)9-3-7(15)4-10(14)12(9)17-8-5-11(18)16-6-8/h3-4,8,17H,2,5-6,15H2,1H3,(H,16,18). The first-order valence-corrected chi connectivity index (χ1v) is 6.68. The average Bonchev–Trinajstić information content (AvgIpc) is 2.78. The van der Waals surface area contributed by atoms with E-state index in [1.807, 2.05) is 0 Å². The van der Waals surface area contributed by atoms with Crippen molar-refractivity contribution >= 4 is 34.9 Å². The molecule has 1 aromatic rings. The average molecular weight is 298 g/mol. The topological polar surface area (TPSA) is 93.4 Å². The molecule has 1 atom stereocenters. The molecule has 6 nitrogen and oxygen atoms in total. The minimum atomic E-state index is -0.499. The Morgan fingerprint density at radius 3 is 2.95 bits per heavy atom. The summed E-state index contributed by atoms with van der Waals surface area (Å²) in [5.41, 5.74) is 6.80. The van der Waals surface area contributed by atoms with Gasteiger partial charge in [0.15, 0.2) is 0 Å². The second-order valence-corrected chi connectivity index (χ2v) is 4.90. The Bertz CT molecular complexity index is 548. The molecule has 2 rings (SSSR count). The molecule has 1 aliphatic heterocycles. The van der Waals surface area contributed by atoms with Crippen molar-refractivity contribution in [3.8, 4) is 0 Å². The number of carbonyl (C=O) groups excluding carboxylic acids is 2. The summed E-state index contributed by atoms with van der Waals surface area (Å²) in [5, 5.41) is 6.14. The van der Waals surface area contributed by atoms with Crippen LogP contribution in [0.1, 0.15) is 23.7 Å². The van der Waals surface area contributed by atoms with E-state index in [4.69, 9.17) is 22.1 Å². The number of hydrogen-bond acceptors (Lipinski definition) is 5. The predicted octanol–water partition coefficient (Wildman–Crippen LogP) is 1.40. The fourth-order valence-electron chi connectivity index (χ4n) is 2.06. The Morgan fingerprint density at radius 2 is 2.35 bits per heavy atom.